The molecule has 0 aliphatic heterocycles. The third kappa shape index (κ3) is 1.17. The van der Waals surface area contributed by atoms with E-state index in [0.717, 1.165) is 5.39 Å². The number of rotatable bonds is 0. The first-order chi connectivity index (χ1) is 6.20. The van der Waals surface area contributed by atoms with Gasteiger partial charge in [-0.15, -0.1) is 0 Å². The van der Waals surface area contributed by atoms with Crippen LogP contribution >= 0.6 is 0 Å². The number of hydrogen-bond donors (Lipinski definition) is 1. The molecule has 1 N–H and O–H groups in total. The molecule has 13 heavy (non-hydrogen) atoms. The second kappa shape index (κ2) is 2.77. The molecule has 2 aromatic carbocycles. The largest absolute Gasteiger partial charge is 0.507 e. The molecule has 0 heterocycles. The summed E-state index contributed by atoms with van der Waals surface area (Å²) in [6.45, 7) is 4.13. The maximum Gasteiger partial charge on any atom is 0.123 e. The van der Waals surface area contributed by atoms with Gasteiger partial charge in [-0.3, -0.25) is 0 Å². The lowest BCUT2D eigenvalue weighted by Gasteiger charge is -2.06. The van der Waals surface area contributed by atoms with Crippen LogP contribution in [0.1, 0.15) is 11.1 Å². The van der Waals surface area contributed by atoms with Crippen molar-refractivity contribution in [1.82, 2.24) is 0 Å². The molecule has 0 radical (unpaired) electrons. The zero-order valence-corrected chi connectivity index (χ0v) is 7.83. The second-order valence-electron chi connectivity index (χ2n) is 3.40. The molecule has 2 aromatic rings. The molecular formula is C12H12O. The van der Waals surface area contributed by atoms with Crippen LogP contribution in [0.25, 0.3) is 10.8 Å². The average molecular weight is 172 g/mol. The van der Waals surface area contributed by atoms with Crippen LogP contribution < -0.4 is 0 Å². The molecule has 2 rings (SSSR count). The maximum absolute atomic E-state index is 9.62. The first-order valence-electron chi connectivity index (χ1n) is 4.38. The van der Waals surface area contributed by atoms with Gasteiger partial charge in [0.25, 0.3) is 0 Å². The number of phenols is 1. The van der Waals surface area contributed by atoms with E-state index >= 15 is 0 Å². The van der Waals surface area contributed by atoms with Crippen LogP contribution in [-0.4, -0.2) is 5.11 Å². The number of phenolic OH excluding ortho intramolecular Hbond substituents is 1. The van der Waals surface area contributed by atoms with Gasteiger partial charge < -0.3 is 5.11 Å². The molecule has 0 spiro atoms. The standard InChI is InChI=1S/C12H12O/c1-8-4-3-5-10-11(13)7-6-9(2)12(8)10/h3-7,13H,1-2H3. The van der Waals surface area contributed by atoms with Crippen LogP contribution in [0, 0.1) is 13.8 Å². The molecule has 0 saturated heterocycles. The summed E-state index contributed by atoms with van der Waals surface area (Å²) in [4.78, 5) is 0. The Labute approximate surface area is 77.6 Å². The molecule has 0 aliphatic rings. The van der Waals surface area contributed by atoms with E-state index in [2.05, 4.69) is 19.9 Å². The first-order valence-corrected chi connectivity index (χ1v) is 4.38. The number of aromatic hydroxyl groups is 1. The monoisotopic (exact) mass is 172 g/mol. The third-order valence-electron chi connectivity index (χ3n) is 2.43. The minimum atomic E-state index is 0.365. The average Bonchev–Trinajstić information content (AvgIpc) is 2.12. The van der Waals surface area contributed by atoms with Crippen molar-refractivity contribution < 1.29 is 5.11 Å². The van der Waals surface area contributed by atoms with E-state index in [1.807, 2.05) is 18.2 Å². The van der Waals surface area contributed by atoms with Gasteiger partial charge >= 0.3 is 0 Å². The first kappa shape index (κ1) is 8.11. The van der Waals surface area contributed by atoms with Crippen molar-refractivity contribution in [2.45, 2.75) is 13.8 Å². The molecule has 0 atom stereocenters. The molecule has 0 saturated carbocycles. The fourth-order valence-electron chi connectivity index (χ4n) is 1.78. The summed E-state index contributed by atoms with van der Waals surface area (Å²) in [6, 6.07) is 9.68. The summed E-state index contributed by atoms with van der Waals surface area (Å²) in [5.74, 6) is 0.365. The Hall–Kier alpha value is -1.50. The van der Waals surface area contributed by atoms with Crippen LogP contribution in [0.4, 0.5) is 0 Å². The Morgan fingerprint density at radius 1 is 0.923 bits per heavy atom. The fourth-order valence-corrected chi connectivity index (χ4v) is 1.78. The van der Waals surface area contributed by atoms with Crippen molar-refractivity contribution in [3.63, 3.8) is 0 Å². The predicted octanol–water partition coefficient (Wildman–Crippen LogP) is 3.16. The molecule has 1 nitrogen and oxygen atoms in total. The molecule has 0 bridgehead atoms. The number of benzene rings is 2. The Kier molecular flexibility index (Phi) is 1.73. The van der Waals surface area contributed by atoms with Crippen molar-refractivity contribution in [3.05, 3.63) is 41.5 Å². The van der Waals surface area contributed by atoms with E-state index in [9.17, 15) is 5.11 Å². The highest BCUT2D eigenvalue weighted by Gasteiger charge is 2.03. The summed E-state index contributed by atoms with van der Waals surface area (Å²) in [7, 11) is 0. The normalized spacial score (nSPS) is 10.6. The minimum absolute atomic E-state index is 0.365. The van der Waals surface area contributed by atoms with Gasteiger partial charge in [0.1, 0.15) is 5.75 Å². The summed E-state index contributed by atoms with van der Waals surface area (Å²) in [5.41, 5.74) is 2.43. The number of hydrogen-bond acceptors (Lipinski definition) is 1. The highest BCUT2D eigenvalue weighted by atomic mass is 16.3. The Bertz CT molecular complexity index is 450. The molecular weight excluding hydrogens is 160 g/mol. The fraction of sp³-hybridized carbons (Fsp3) is 0.167. The number of aryl methyl sites for hydroxylation is 2. The molecule has 0 unspecified atom stereocenters. The van der Waals surface area contributed by atoms with E-state index in [1.165, 1.54) is 16.5 Å². The number of fused-ring (bicyclic) bond motifs is 1. The van der Waals surface area contributed by atoms with Gasteiger partial charge in [0.15, 0.2) is 0 Å². The lowest BCUT2D eigenvalue weighted by atomic mass is 10.0. The van der Waals surface area contributed by atoms with Gasteiger partial charge in [-0.2, -0.15) is 0 Å². The minimum Gasteiger partial charge on any atom is -0.507 e. The highest BCUT2D eigenvalue weighted by molar-refractivity contribution is 5.93. The molecule has 66 valence electrons. The molecule has 0 amide bonds. The highest BCUT2D eigenvalue weighted by Crippen LogP contribution is 2.29. The maximum atomic E-state index is 9.62. The van der Waals surface area contributed by atoms with Gasteiger partial charge in [0, 0.05) is 5.39 Å². The van der Waals surface area contributed by atoms with Crippen molar-refractivity contribution in [1.29, 1.82) is 0 Å². The summed E-state index contributed by atoms with van der Waals surface area (Å²) < 4.78 is 0. The summed E-state index contributed by atoms with van der Waals surface area (Å²) in [6.07, 6.45) is 0. The van der Waals surface area contributed by atoms with Crippen molar-refractivity contribution in [2.24, 2.45) is 0 Å². The predicted molar refractivity (Wildman–Crippen MR) is 55.1 cm³/mol. The van der Waals surface area contributed by atoms with E-state index in [1.54, 1.807) is 6.07 Å². The quantitative estimate of drug-likeness (QED) is 0.647. The van der Waals surface area contributed by atoms with Crippen molar-refractivity contribution in [3.8, 4) is 5.75 Å². The van der Waals surface area contributed by atoms with E-state index in [0.29, 0.717) is 5.75 Å². The smallest absolute Gasteiger partial charge is 0.123 e. The van der Waals surface area contributed by atoms with Crippen LogP contribution in [0.3, 0.4) is 0 Å². The lowest BCUT2D eigenvalue weighted by Crippen LogP contribution is -1.82. The molecule has 1 heteroatoms. The zero-order valence-electron chi connectivity index (χ0n) is 7.83. The Balaban J connectivity index is 3.00. The Morgan fingerprint density at radius 3 is 2.31 bits per heavy atom. The second-order valence-corrected chi connectivity index (χ2v) is 3.40. The van der Waals surface area contributed by atoms with Crippen LogP contribution in [-0.2, 0) is 0 Å². The van der Waals surface area contributed by atoms with Crippen molar-refractivity contribution >= 4 is 10.8 Å². The van der Waals surface area contributed by atoms with Gasteiger partial charge in [-0.05, 0) is 36.4 Å². The summed E-state index contributed by atoms with van der Waals surface area (Å²) >= 11 is 0. The lowest BCUT2D eigenvalue weighted by molar-refractivity contribution is 0.481. The van der Waals surface area contributed by atoms with E-state index < -0.39 is 0 Å². The van der Waals surface area contributed by atoms with Crippen LogP contribution in [0.15, 0.2) is 30.3 Å². The Morgan fingerprint density at radius 2 is 1.62 bits per heavy atom. The van der Waals surface area contributed by atoms with E-state index in [-0.39, 0.29) is 0 Å². The SMILES string of the molecule is Cc1cccc2c(O)ccc(C)c12. The van der Waals surface area contributed by atoms with Gasteiger partial charge in [0.05, 0.1) is 0 Å². The van der Waals surface area contributed by atoms with Crippen LogP contribution in [0.2, 0.25) is 0 Å². The third-order valence-corrected chi connectivity index (χ3v) is 2.43. The van der Waals surface area contributed by atoms with Gasteiger partial charge in [-0.1, -0.05) is 24.3 Å². The summed E-state index contributed by atoms with van der Waals surface area (Å²) in [5, 5.41) is 11.7. The van der Waals surface area contributed by atoms with Crippen molar-refractivity contribution in [2.75, 3.05) is 0 Å². The van der Waals surface area contributed by atoms with Gasteiger partial charge in [0.2, 0.25) is 0 Å². The molecule has 0 aliphatic carbocycles. The molecule has 0 aromatic heterocycles. The zero-order chi connectivity index (χ0) is 9.42. The van der Waals surface area contributed by atoms with Crippen LogP contribution in [0.5, 0.6) is 5.75 Å². The topological polar surface area (TPSA) is 20.2 Å². The molecule has 0 fully saturated rings. The van der Waals surface area contributed by atoms with Gasteiger partial charge in [-0.25, -0.2) is 0 Å². The van der Waals surface area contributed by atoms with E-state index in [4.69, 9.17) is 0 Å².